The highest BCUT2D eigenvalue weighted by atomic mass is 16.6. The van der Waals surface area contributed by atoms with Crippen molar-refractivity contribution in [2.24, 2.45) is 17.8 Å². The van der Waals surface area contributed by atoms with Gasteiger partial charge in [0.15, 0.2) is 0 Å². The third kappa shape index (κ3) is 4.02. The van der Waals surface area contributed by atoms with E-state index in [0.717, 1.165) is 27.8 Å². The minimum Gasteiger partial charge on any atom is -0.507 e. The molecule has 2 fully saturated rings. The summed E-state index contributed by atoms with van der Waals surface area (Å²) in [5.41, 5.74) is 2.38. The molecule has 2 saturated heterocycles. The summed E-state index contributed by atoms with van der Waals surface area (Å²) in [6, 6.07) is 16.3. The van der Waals surface area contributed by atoms with Crippen molar-refractivity contribution in [3.05, 3.63) is 87.4 Å². The van der Waals surface area contributed by atoms with Gasteiger partial charge in [0.25, 0.3) is 5.69 Å². The van der Waals surface area contributed by atoms with Crippen LogP contribution in [0.25, 0.3) is 10.8 Å². The highest BCUT2D eigenvalue weighted by Gasteiger charge is 2.58. The normalized spacial score (nSPS) is 24.8. The quantitative estimate of drug-likeness (QED) is 0.210. The zero-order valence-electron chi connectivity index (χ0n) is 21.3. The van der Waals surface area contributed by atoms with Crippen molar-refractivity contribution < 1.29 is 29.3 Å². The largest absolute Gasteiger partial charge is 0.507 e. The molecule has 3 aromatic rings. The monoisotopic (exact) mass is 526 g/mol. The Morgan fingerprint density at radius 1 is 1.05 bits per heavy atom. The lowest BCUT2D eigenvalue weighted by Crippen LogP contribution is -2.45. The summed E-state index contributed by atoms with van der Waals surface area (Å²) in [7, 11) is -1.24. The SMILES string of the molecule is CCCC1=C2B(O)O[C@H](c3ccc(O)c4ccccc34)C[C@H]2[C@H]2C(=O)N(c3cccc([N+](=O)[O-])c3)C(=O)[C@H]2C1. The molecule has 0 aromatic heterocycles. The number of phenolic OH excluding ortho intramolecular Hbond substituents is 1. The molecule has 2 N–H and O–H groups in total. The third-order valence-electron chi connectivity index (χ3n) is 8.34. The number of carbonyl (C=O) groups is 2. The number of nitro benzene ring substituents is 1. The van der Waals surface area contributed by atoms with Gasteiger partial charge < -0.3 is 14.8 Å². The lowest BCUT2D eigenvalue weighted by molar-refractivity contribution is -0.384. The van der Waals surface area contributed by atoms with Gasteiger partial charge in [0.05, 0.1) is 28.6 Å². The van der Waals surface area contributed by atoms with Gasteiger partial charge in [-0.25, -0.2) is 4.90 Å². The first-order chi connectivity index (χ1) is 18.8. The molecule has 2 heterocycles. The van der Waals surface area contributed by atoms with E-state index in [9.17, 15) is 29.8 Å². The smallest absolute Gasteiger partial charge is 0.487 e. The molecule has 4 atom stereocenters. The van der Waals surface area contributed by atoms with Gasteiger partial charge in [0, 0.05) is 17.5 Å². The van der Waals surface area contributed by atoms with Crippen LogP contribution in [0.1, 0.15) is 44.3 Å². The van der Waals surface area contributed by atoms with Crippen LogP contribution in [0.5, 0.6) is 5.75 Å². The van der Waals surface area contributed by atoms with Crippen molar-refractivity contribution in [1.82, 2.24) is 0 Å². The molecule has 10 heteroatoms. The molecular weight excluding hydrogens is 499 g/mol. The number of nitrogens with zero attached hydrogens (tertiary/aromatic N) is 2. The van der Waals surface area contributed by atoms with Crippen molar-refractivity contribution in [2.45, 2.75) is 38.7 Å². The fourth-order valence-corrected chi connectivity index (χ4v) is 6.74. The van der Waals surface area contributed by atoms with Crippen LogP contribution in [0.4, 0.5) is 11.4 Å². The first-order valence-corrected chi connectivity index (χ1v) is 13.2. The number of rotatable bonds is 5. The van der Waals surface area contributed by atoms with Gasteiger partial charge in [-0.2, -0.15) is 0 Å². The Labute approximate surface area is 225 Å². The van der Waals surface area contributed by atoms with Crippen LogP contribution in [-0.4, -0.2) is 34.0 Å². The molecule has 9 nitrogen and oxygen atoms in total. The van der Waals surface area contributed by atoms with Crippen LogP contribution in [0.3, 0.4) is 0 Å². The molecule has 198 valence electrons. The number of non-ortho nitro benzene ring substituents is 1. The Bertz CT molecular complexity index is 1550. The van der Waals surface area contributed by atoms with Crippen molar-refractivity contribution in [1.29, 1.82) is 0 Å². The number of benzene rings is 3. The minimum absolute atomic E-state index is 0.137. The topological polar surface area (TPSA) is 130 Å². The minimum atomic E-state index is -1.24. The van der Waals surface area contributed by atoms with Crippen LogP contribution in [0, 0.1) is 27.9 Å². The summed E-state index contributed by atoms with van der Waals surface area (Å²) in [5.74, 6) is -2.41. The van der Waals surface area contributed by atoms with Crippen LogP contribution >= 0.6 is 0 Å². The number of carbonyl (C=O) groups excluding carboxylic acids is 2. The number of nitro groups is 1. The summed E-state index contributed by atoms with van der Waals surface area (Å²) in [6.45, 7) is 2.02. The lowest BCUT2D eigenvalue weighted by Gasteiger charge is -2.42. The molecule has 0 bridgehead atoms. The van der Waals surface area contributed by atoms with Gasteiger partial charge in [-0.15, -0.1) is 0 Å². The van der Waals surface area contributed by atoms with E-state index >= 15 is 0 Å². The number of imide groups is 1. The second kappa shape index (κ2) is 9.62. The molecule has 1 aliphatic carbocycles. The molecule has 6 rings (SSSR count). The zero-order valence-corrected chi connectivity index (χ0v) is 21.3. The van der Waals surface area contributed by atoms with E-state index in [2.05, 4.69) is 0 Å². The number of amides is 2. The molecule has 2 amide bonds. The van der Waals surface area contributed by atoms with Crippen molar-refractivity contribution in [2.75, 3.05) is 4.90 Å². The molecule has 2 aliphatic heterocycles. The van der Waals surface area contributed by atoms with E-state index in [-0.39, 0.29) is 23.0 Å². The van der Waals surface area contributed by atoms with E-state index < -0.39 is 41.8 Å². The number of anilines is 1. The van der Waals surface area contributed by atoms with Gasteiger partial charge >= 0.3 is 7.12 Å². The molecule has 0 radical (unpaired) electrons. The van der Waals surface area contributed by atoms with E-state index in [1.54, 1.807) is 12.1 Å². The molecule has 3 aliphatic rings. The zero-order chi connectivity index (χ0) is 27.4. The van der Waals surface area contributed by atoms with Gasteiger partial charge in [-0.1, -0.05) is 55.3 Å². The maximum absolute atomic E-state index is 13.9. The summed E-state index contributed by atoms with van der Waals surface area (Å²) in [4.78, 5) is 39.5. The van der Waals surface area contributed by atoms with Gasteiger partial charge in [0.2, 0.25) is 11.8 Å². The Morgan fingerprint density at radius 3 is 2.56 bits per heavy atom. The summed E-state index contributed by atoms with van der Waals surface area (Å²) < 4.78 is 6.16. The van der Waals surface area contributed by atoms with Gasteiger partial charge in [-0.05, 0) is 53.7 Å². The Morgan fingerprint density at radius 2 is 1.82 bits per heavy atom. The highest BCUT2D eigenvalue weighted by Crippen LogP contribution is 2.53. The highest BCUT2D eigenvalue weighted by molar-refractivity contribution is 6.53. The third-order valence-corrected chi connectivity index (χ3v) is 8.34. The molecule has 0 saturated carbocycles. The number of phenols is 1. The maximum Gasteiger partial charge on any atom is 0.487 e. The van der Waals surface area contributed by atoms with Crippen LogP contribution < -0.4 is 4.90 Å². The van der Waals surface area contributed by atoms with E-state index in [1.807, 2.05) is 31.2 Å². The predicted octanol–water partition coefficient (Wildman–Crippen LogP) is 4.86. The lowest BCUT2D eigenvalue weighted by atomic mass is 9.54. The van der Waals surface area contributed by atoms with Crippen LogP contribution in [0.2, 0.25) is 0 Å². The average molecular weight is 526 g/mol. The second-order valence-corrected chi connectivity index (χ2v) is 10.5. The number of allylic oxidation sites excluding steroid dienone is 2. The van der Waals surface area contributed by atoms with E-state index in [0.29, 0.717) is 30.1 Å². The fourth-order valence-electron chi connectivity index (χ4n) is 6.74. The van der Waals surface area contributed by atoms with E-state index in [1.165, 1.54) is 24.3 Å². The predicted molar refractivity (Wildman–Crippen MR) is 145 cm³/mol. The summed E-state index contributed by atoms with van der Waals surface area (Å²) >= 11 is 0. The van der Waals surface area contributed by atoms with Crippen molar-refractivity contribution in [3.63, 3.8) is 0 Å². The summed E-state index contributed by atoms with van der Waals surface area (Å²) in [5, 5.41) is 34.5. The number of hydrogen-bond acceptors (Lipinski definition) is 7. The van der Waals surface area contributed by atoms with Crippen molar-refractivity contribution >= 4 is 41.1 Å². The van der Waals surface area contributed by atoms with Gasteiger partial charge in [0.1, 0.15) is 5.75 Å². The molecule has 0 spiro atoms. The van der Waals surface area contributed by atoms with E-state index in [4.69, 9.17) is 4.65 Å². The Balaban J connectivity index is 1.42. The maximum atomic E-state index is 13.9. The standard InChI is InChI=1S/C29H27BN2O7/c1-2-6-16-13-23-26(29(35)31(28(23)34)17-7-5-8-18(14-17)32(37)38)22-15-25(39-30(36)27(16)22)21-11-12-24(33)20-10-4-3-9-19(20)21/h3-5,7-12,14,22-23,25-26,33,36H,2,6,13,15H2,1H3/t22-,23-,25-,26+/m0/s1. The fraction of sp³-hybridized carbons (Fsp3) is 0.310. The number of hydrogen-bond donors (Lipinski definition) is 2. The first-order valence-electron chi connectivity index (χ1n) is 13.2. The second-order valence-electron chi connectivity index (χ2n) is 10.5. The van der Waals surface area contributed by atoms with Crippen LogP contribution in [-0.2, 0) is 14.2 Å². The Hall–Kier alpha value is -4.02. The number of aromatic hydroxyl groups is 1. The van der Waals surface area contributed by atoms with Gasteiger partial charge in [-0.3, -0.25) is 19.7 Å². The molecular formula is C29H27BN2O7. The molecule has 3 aromatic carbocycles. The average Bonchev–Trinajstić information content (AvgIpc) is 3.18. The summed E-state index contributed by atoms with van der Waals surface area (Å²) in [6.07, 6.45) is 1.61. The number of fused-ring (bicyclic) bond motifs is 4. The molecule has 0 unspecified atom stereocenters. The van der Waals surface area contributed by atoms with Crippen molar-refractivity contribution in [3.8, 4) is 5.75 Å². The Kier molecular flexibility index (Phi) is 6.24. The first kappa shape index (κ1) is 25.3. The van der Waals surface area contributed by atoms with Crippen LogP contribution in [0.15, 0.2) is 71.7 Å². The molecule has 39 heavy (non-hydrogen) atoms.